The monoisotopic (exact) mass is 292 g/mol. The van der Waals surface area contributed by atoms with Crippen molar-refractivity contribution in [2.24, 2.45) is 12.0 Å². The first kappa shape index (κ1) is 14.1. The number of carbonyl (C=O) groups excluding carboxylic acids is 1. The zero-order chi connectivity index (χ0) is 15.5. The molecule has 0 spiro atoms. The molecule has 0 atom stereocenters. The summed E-state index contributed by atoms with van der Waals surface area (Å²) in [6, 6.07) is 18.7. The maximum atomic E-state index is 12.2. The third-order valence-corrected chi connectivity index (χ3v) is 3.57. The van der Waals surface area contributed by atoms with E-state index >= 15 is 0 Å². The maximum absolute atomic E-state index is 12.2. The summed E-state index contributed by atoms with van der Waals surface area (Å²) < 4.78 is 7.58. The van der Waals surface area contributed by atoms with Crippen LogP contribution in [-0.4, -0.2) is 10.5 Å². The first-order valence-corrected chi connectivity index (χ1v) is 7.03. The number of hydrogen-bond donors (Lipinski definition) is 0. The zero-order valence-electron chi connectivity index (χ0n) is 12.5. The Morgan fingerprint density at radius 2 is 1.59 bits per heavy atom. The van der Waals surface area contributed by atoms with E-state index in [0.717, 1.165) is 17.0 Å². The molecule has 0 aliphatic carbocycles. The third kappa shape index (κ3) is 2.63. The van der Waals surface area contributed by atoms with E-state index in [1.165, 1.54) is 0 Å². The van der Waals surface area contributed by atoms with Crippen molar-refractivity contribution in [1.82, 2.24) is 4.57 Å². The molecule has 0 unspecified atom stereocenters. The van der Waals surface area contributed by atoms with Crippen LogP contribution in [0.2, 0.25) is 0 Å². The fraction of sp³-hybridized carbons (Fsp3) is 0.111. The van der Waals surface area contributed by atoms with Crippen LogP contribution in [0.3, 0.4) is 0 Å². The molecule has 110 valence electrons. The van der Waals surface area contributed by atoms with Crippen LogP contribution < -0.4 is 5.68 Å². The Morgan fingerprint density at radius 3 is 2.23 bits per heavy atom. The summed E-state index contributed by atoms with van der Waals surface area (Å²) >= 11 is 0. The summed E-state index contributed by atoms with van der Waals surface area (Å²) in [6.45, 7) is 1.94. The van der Waals surface area contributed by atoms with E-state index in [-0.39, 0.29) is 5.91 Å². The van der Waals surface area contributed by atoms with Gasteiger partial charge in [0.2, 0.25) is 0 Å². The molecule has 0 saturated heterocycles. The summed E-state index contributed by atoms with van der Waals surface area (Å²) in [4.78, 5) is 16.3. The van der Waals surface area contributed by atoms with Crippen molar-refractivity contribution in [2.75, 3.05) is 0 Å². The molecule has 3 rings (SSSR count). The molecule has 0 saturated carbocycles. The zero-order valence-corrected chi connectivity index (χ0v) is 12.5. The molecule has 1 aromatic heterocycles. The van der Waals surface area contributed by atoms with Gasteiger partial charge in [-0.2, -0.15) is 4.99 Å². The van der Waals surface area contributed by atoms with Gasteiger partial charge in [-0.05, 0) is 19.1 Å². The lowest BCUT2D eigenvalue weighted by Gasteiger charge is -1.97. The highest BCUT2D eigenvalue weighted by Gasteiger charge is 2.12. The topological polar surface area (TPSA) is 47.5 Å². The molecule has 0 fully saturated rings. The Hall–Kier alpha value is -2.88. The predicted octanol–water partition coefficient (Wildman–Crippen LogP) is 3.33. The lowest BCUT2D eigenvalue weighted by Crippen LogP contribution is -2.16. The van der Waals surface area contributed by atoms with E-state index in [2.05, 4.69) is 4.99 Å². The van der Waals surface area contributed by atoms with Crippen molar-refractivity contribution >= 4 is 5.91 Å². The number of rotatable bonds is 2. The summed E-state index contributed by atoms with van der Waals surface area (Å²) in [5.74, 6) is 0.410. The molecule has 0 N–H and O–H groups in total. The number of benzene rings is 2. The van der Waals surface area contributed by atoms with Crippen LogP contribution in [0, 0.1) is 6.92 Å². The van der Waals surface area contributed by atoms with Crippen molar-refractivity contribution in [3.63, 3.8) is 0 Å². The second-order valence-corrected chi connectivity index (χ2v) is 5.01. The molecule has 0 radical (unpaired) electrons. The number of carbonyl (C=O) groups is 1. The van der Waals surface area contributed by atoms with Gasteiger partial charge in [0.25, 0.3) is 5.91 Å². The van der Waals surface area contributed by atoms with Crippen molar-refractivity contribution in [2.45, 2.75) is 6.92 Å². The molecule has 0 aliphatic heterocycles. The first-order chi connectivity index (χ1) is 10.7. The van der Waals surface area contributed by atoms with Gasteiger partial charge >= 0.3 is 5.68 Å². The fourth-order valence-corrected chi connectivity index (χ4v) is 2.22. The number of hydrogen-bond acceptors (Lipinski definition) is 2. The minimum atomic E-state index is -0.315. The molecule has 0 bridgehead atoms. The normalized spacial score (nSPS) is 11.6. The van der Waals surface area contributed by atoms with Crippen LogP contribution in [0.4, 0.5) is 0 Å². The summed E-state index contributed by atoms with van der Waals surface area (Å²) in [6.07, 6.45) is 0. The highest BCUT2D eigenvalue weighted by atomic mass is 16.4. The van der Waals surface area contributed by atoms with Gasteiger partial charge in [-0.25, -0.2) is 0 Å². The molecule has 1 heterocycles. The Kier molecular flexibility index (Phi) is 3.74. The molecular weight excluding hydrogens is 276 g/mol. The Labute approximate surface area is 128 Å². The van der Waals surface area contributed by atoms with Gasteiger partial charge in [-0.3, -0.25) is 9.36 Å². The van der Waals surface area contributed by atoms with E-state index < -0.39 is 0 Å². The molecule has 0 aliphatic rings. The lowest BCUT2D eigenvalue weighted by atomic mass is 10.1. The minimum absolute atomic E-state index is 0.296. The molecule has 2 aromatic carbocycles. The van der Waals surface area contributed by atoms with Gasteiger partial charge in [0.15, 0.2) is 5.76 Å². The van der Waals surface area contributed by atoms with E-state index in [1.807, 2.05) is 62.5 Å². The second-order valence-electron chi connectivity index (χ2n) is 5.01. The van der Waals surface area contributed by atoms with Crippen LogP contribution in [0.25, 0.3) is 11.3 Å². The van der Waals surface area contributed by atoms with Crippen LogP contribution in [0.5, 0.6) is 0 Å². The molecule has 3 aromatic rings. The van der Waals surface area contributed by atoms with Crippen molar-refractivity contribution in [1.29, 1.82) is 0 Å². The standard InChI is InChI=1S/C18H16N2O2/c1-13-16(14-9-5-3-6-10-14)22-18(20(13)2)19-17(21)15-11-7-4-8-12-15/h3-12H,1-2H3. The summed E-state index contributed by atoms with van der Waals surface area (Å²) in [7, 11) is 1.84. The highest BCUT2D eigenvalue weighted by Crippen LogP contribution is 2.21. The molecule has 22 heavy (non-hydrogen) atoms. The van der Waals surface area contributed by atoms with Crippen molar-refractivity contribution in [3.8, 4) is 11.3 Å². The smallest absolute Gasteiger partial charge is 0.305 e. The Balaban J connectivity index is 2.06. The van der Waals surface area contributed by atoms with Gasteiger partial charge in [-0.15, -0.1) is 0 Å². The van der Waals surface area contributed by atoms with Gasteiger partial charge in [0.05, 0.1) is 5.69 Å². The van der Waals surface area contributed by atoms with E-state index in [1.54, 1.807) is 16.7 Å². The van der Waals surface area contributed by atoms with Crippen LogP contribution >= 0.6 is 0 Å². The average Bonchev–Trinajstić information content (AvgIpc) is 2.85. The van der Waals surface area contributed by atoms with Gasteiger partial charge in [-0.1, -0.05) is 48.5 Å². The van der Waals surface area contributed by atoms with Crippen molar-refractivity contribution in [3.05, 3.63) is 77.6 Å². The van der Waals surface area contributed by atoms with E-state index in [0.29, 0.717) is 11.2 Å². The van der Waals surface area contributed by atoms with Crippen LogP contribution in [0.15, 0.2) is 70.1 Å². The number of nitrogens with zero attached hydrogens (tertiary/aromatic N) is 2. The number of aromatic nitrogens is 1. The van der Waals surface area contributed by atoms with Gasteiger partial charge in [0, 0.05) is 18.2 Å². The Bertz CT molecular complexity index is 859. The van der Waals surface area contributed by atoms with Gasteiger partial charge in [0.1, 0.15) is 0 Å². The lowest BCUT2D eigenvalue weighted by molar-refractivity contribution is 0.0993. The number of oxazole rings is 1. The summed E-state index contributed by atoms with van der Waals surface area (Å²) in [5, 5.41) is 0. The molecular formula is C18H16N2O2. The quantitative estimate of drug-likeness (QED) is 0.727. The van der Waals surface area contributed by atoms with E-state index in [4.69, 9.17) is 4.42 Å². The maximum Gasteiger partial charge on any atom is 0.305 e. The van der Waals surface area contributed by atoms with Gasteiger partial charge < -0.3 is 4.42 Å². The SMILES string of the molecule is Cc1c(-c2ccccc2)oc(=NC(=O)c2ccccc2)n1C. The first-order valence-electron chi connectivity index (χ1n) is 7.03. The highest BCUT2D eigenvalue weighted by molar-refractivity contribution is 5.94. The summed E-state index contributed by atoms with van der Waals surface area (Å²) in [5.41, 5.74) is 2.72. The van der Waals surface area contributed by atoms with Crippen LogP contribution in [-0.2, 0) is 7.05 Å². The molecule has 4 nitrogen and oxygen atoms in total. The van der Waals surface area contributed by atoms with Crippen molar-refractivity contribution < 1.29 is 9.21 Å². The molecule has 4 heteroatoms. The van der Waals surface area contributed by atoms with E-state index in [9.17, 15) is 4.79 Å². The second kappa shape index (κ2) is 5.85. The number of amides is 1. The molecule has 1 amide bonds. The Morgan fingerprint density at radius 1 is 1.00 bits per heavy atom. The average molecular weight is 292 g/mol. The largest absolute Gasteiger partial charge is 0.423 e. The van der Waals surface area contributed by atoms with Crippen LogP contribution in [0.1, 0.15) is 16.1 Å². The predicted molar refractivity (Wildman–Crippen MR) is 84.2 cm³/mol. The minimum Gasteiger partial charge on any atom is -0.423 e. The fourth-order valence-electron chi connectivity index (χ4n) is 2.22. The third-order valence-electron chi connectivity index (χ3n) is 3.57.